The number of thioether (sulfide) groups is 1. The van der Waals surface area contributed by atoms with Crippen molar-refractivity contribution in [3.05, 3.63) is 46.5 Å². The molecule has 0 saturated heterocycles. The van der Waals surface area contributed by atoms with Crippen molar-refractivity contribution in [1.82, 2.24) is 5.32 Å². The Labute approximate surface area is 104 Å². The minimum absolute atomic E-state index is 0.825. The maximum atomic E-state index is 5.23. The fourth-order valence-electron chi connectivity index (χ4n) is 1.33. The van der Waals surface area contributed by atoms with Gasteiger partial charge >= 0.3 is 0 Å². The lowest BCUT2D eigenvalue weighted by atomic mass is 10.4. The molecular formula is C12H15NOS2. The molecule has 2 rings (SSSR count). The molecule has 0 aromatic carbocycles. The second kappa shape index (κ2) is 6.78. The predicted molar refractivity (Wildman–Crippen MR) is 70.9 cm³/mol. The van der Waals surface area contributed by atoms with Gasteiger partial charge < -0.3 is 9.73 Å². The Morgan fingerprint density at radius 2 is 2.38 bits per heavy atom. The van der Waals surface area contributed by atoms with Gasteiger partial charge in [0.15, 0.2) is 0 Å². The molecule has 4 heteroatoms. The van der Waals surface area contributed by atoms with Crippen LogP contribution in [0, 0.1) is 0 Å². The van der Waals surface area contributed by atoms with Crippen molar-refractivity contribution < 1.29 is 4.42 Å². The van der Waals surface area contributed by atoms with Gasteiger partial charge in [-0.15, -0.1) is 0 Å². The van der Waals surface area contributed by atoms with Gasteiger partial charge in [-0.3, -0.25) is 0 Å². The summed E-state index contributed by atoms with van der Waals surface area (Å²) in [5.74, 6) is 3.26. The van der Waals surface area contributed by atoms with E-state index in [1.54, 1.807) is 17.6 Å². The summed E-state index contributed by atoms with van der Waals surface area (Å²) in [6, 6.07) is 6.10. The molecule has 0 saturated carbocycles. The first-order valence-corrected chi connectivity index (χ1v) is 7.37. The summed E-state index contributed by atoms with van der Waals surface area (Å²) in [5, 5.41) is 7.70. The van der Waals surface area contributed by atoms with Crippen LogP contribution >= 0.6 is 23.1 Å². The van der Waals surface area contributed by atoms with E-state index >= 15 is 0 Å². The Morgan fingerprint density at radius 1 is 1.38 bits per heavy atom. The smallest absolute Gasteiger partial charge is 0.117 e. The number of rotatable bonds is 7. The highest BCUT2D eigenvalue weighted by molar-refractivity contribution is 7.98. The highest BCUT2D eigenvalue weighted by Gasteiger charge is 1.95. The van der Waals surface area contributed by atoms with E-state index in [4.69, 9.17) is 4.42 Å². The topological polar surface area (TPSA) is 25.2 Å². The van der Waals surface area contributed by atoms with Crippen molar-refractivity contribution >= 4 is 23.1 Å². The zero-order chi connectivity index (χ0) is 11.1. The second-order valence-electron chi connectivity index (χ2n) is 3.44. The quantitative estimate of drug-likeness (QED) is 0.766. The summed E-state index contributed by atoms with van der Waals surface area (Å²) in [5.41, 5.74) is 1.43. The number of hydrogen-bond acceptors (Lipinski definition) is 4. The highest BCUT2D eigenvalue weighted by Crippen LogP contribution is 2.14. The fraction of sp³-hybridized carbons (Fsp3) is 0.333. The number of thiophene rings is 1. The van der Waals surface area contributed by atoms with Crippen LogP contribution in [-0.2, 0) is 12.3 Å². The van der Waals surface area contributed by atoms with Gasteiger partial charge in [-0.2, -0.15) is 23.1 Å². The molecule has 0 bridgehead atoms. The Hall–Kier alpha value is -0.710. The van der Waals surface area contributed by atoms with E-state index in [0.717, 1.165) is 30.4 Å². The monoisotopic (exact) mass is 253 g/mol. The van der Waals surface area contributed by atoms with E-state index in [1.165, 1.54) is 5.56 Å². The molecule has 16 heavy (non-hydrogen) atoms. The van der Waals surface area contributed by atoms with Crippen LogP contribution in [0.1, 0.15) is 11.3 Å². The molecule has 0 unspecified atom stereocenters. The van der Waals surface area contributed by atoms with E-state index in [9.17, 15) is 0 Å². The first kappa shape index (κ1) is 11.8. The average molecular weight is 253 g/mol. The van der Waals surface area contributed by atoms with Crippen LogP contribution in [0.3, 0.4) is 0 Å². The summed E-state index contributed by atoms with van der Waals surface area (Å²) in [7, 11) is 0. The number of nitrogens with one attached hydrogen (secondary N) is 1. The van der Waals surface area contributed by atoms with Gasteiger partial charge in [-0.1, -0.05) is 0 Å². The van der Waals surface area contributed by atoms with Crippen LogP contribution in [0.2, 0.25) is 0 Å². The SMILES string of the molecule is c1coc(CNCCSCc2ccsc2)c1. The third kappa shape index (κ3) is 4.04. The summed E-state index contributed by atoms with van der Waals surface area (Å²) in [6.45, 7) is 1.85. The largest absolute Gasteiger partial charge is 0.468 e. The molecule has 0 spiro atoms. The summed E-state index contributed by atoms with van der Waals surface area (Å²) >= 11 is 3.73. The first-order chi connectivity index (χ1) is 7.95. The van der Waals surface area contributed by atoms with Gasteiger partial charge in [-0.05, 0) is 34.5 Å². The molecule has 2 aromatic heterocycles. The van der Waals surface area contributed by atoms with Crippen LogP contribution < -0.4 is 5.32 Å². The molecule has 0 atom stereocenters. The van der Waals surface area contributed by atoms with Crippen LogP contribution in [-0.4, -0.2) is 12.3 Å². The molecule has 86 valence electrons. The molecule has 0 radical (unpaired) electrons. The number of hydrogen-bond donors (Lipinski definition) is 1. The van der Waals surface area contributed by atoms with Crippen LogP contribution in [0.4, 0.5) is 0 Å². The molecule has 2 aromatic rings. The Morgan fingerprint density at radius 3 is 3.12 bits per heavy atom. The fourth-order valence-corrected chi connectivity index (χ4v) is 2.96. The van der Waals surface area contributed by atoms with E-state index in [1.807, 2.05) is 23.9 Å². The van der Waals surface area contributed by atoms with Crippen LogP contribution in [0.25, 0.3) is 0 Å². The number of furan rings is 1. The minimum atomic E-state index is 0.825. The standard InChI is InChI=1S/C12H15NOS2/c1-2-12(14-5-1)8-13-4-7-16-10-11-3-6-15-9-11/h1-3,5-6,9,13H,4,7-8,10H2. The molecular weight excluding hydrogens is 238 g/mol. The summed E-state index contributed by atoms with van der Waals surface area (Å²) < 4.78 is 5.23. The Bertz CT molecular complexity index is 331. The zero-order valence-electron chi connectivity index (χ0n) is 9.02. The lowest BCUT2D eigenvalue weighted by Crippen LogP contribution is -2.16. The lowest BCUT2D eigenvalue weighted by molar-refractivity contribution is 0.488. The predicted octanol–water partition coefficient (Wildman–Crippen LogP) is 3.36. The highest BCUT2D eigenvalue weighted by atomic mass is 32.2. The maximum Gasteiger partial charge on any atom is 0.117 e. The van der Waals surface area contributed by atoms with Crippen molar-refractivity contribution in [1.29, 1.82) is 0 Å². The average Bonchev–Trinajstić information content (AvgIpc) is 2.96. The van der Waals surface area contributed by atoms with Crippen molar-refractivity contribution in [2.45, 2.75) is 12.3 Å². The summed E-state index contributed by atoms with van der Waals surface area (Å²) in [4.78, 5) is 0. The third-order valence-corrected chi connectivity index (χ3v) is 3.91. The van der Waals surface area contributed by atoms with Gasteiger partial charge in [0.05, 0.1) is 12.8 Å². The molecule has 0 amide bonds. The van der Waals surface area contributed by atoms with Crippen molar-refractivity contribution in [2.75, 3.05) is 12.3 Å². The third-order valence-electron chi connectivity index (χ3n) is 2.15. The van der Waals surface area contributed by atoms with Crippen molar-refractivity contribution in [3.8, 4) is 0 Å². The van der Waals surface area contributed by atoms with Crippen LogP contribution in [0.15, 0.2) is 39.6 Å². The zero-order valence-corrected chi connectivity index (χ0v) is 10.7. The summed E-state index contributed by atoms with van der Waals surface area (Å²) in [6.07, 6.45) is 1.71. The van der Waals surface area contributed by atoms with Crippen molar-refractivity contribution in [3.63, 3.8) is 0 Å². The molecule has 2 nitrogen and oxygen atoms in total. The normalized spacial score (nSPS) is 10.8. The maximum absolute atomic E-state index is 5.23. The minimum Gasteiger partial charge on any atom is -0.468 e. The second-order valence-corrected chi connectivity index (χ2v) is 5.33. The van der Waals surface area contributed by atoms with E-state index < -0.39 is 0 Å². The van der Waals surface area contributed by atoms with E-state index in [2.05, 4.69) is 22.1 Å². The van der Waals surface area contributed by atoms with Crippen molar-refractivity contribution in [2.24, 2.45) is 0 Å². The van der Waals surface area contributed by atoms with E-state index in [-0.39, 0.29) is 0 Å². The molecule has 1 N–H and O–H groups in total. The van der Waals surface area contributed by atoms with Gasteiger partial charge in [0, 0.05) is 18.1 Å². The van der Waals surface area contributed by atoms with Gasteiger partial charge in [0.2, 0.25) is 0 Å². The first-order valence-electron chi connectivity index (χ1n) is 5.27. The van der Waals surface area contributed by atoms with Gasteiger partial charge in [0.1, 0.15) is 5.76 Å². The molecule has 0 aliphatic heterocycles. The van der Waals surface area contributed by atoms with Crippen LogP contribution in [0.5, 0.6) is 0 Å². The molecule has 0 fully saturated rings. The van der Waals surface area contributed by atoms with Gasteiger partial charge in [0.25, 0.3) is 0 Å². The molecule has 0 aliphatic rings. The van der Waals surface area contributed by atoms with Gasteiger partial charge in [-0.25, -0.2) is 0 Å². The Kier molecular flexibility index (Phi) is 4.99. The Balaban J connectivity index is 1.49. The molecule has 2 heterocycles. The van der Waals surface area contributed by atoms with E-state index in [0.29, 0.717) is 0 Å². The lowest BCUT2D eigenvalue weighted by Gasteiger charge is -2.02. The molecule has 0 aliphatic carbocycles.